The lowest BCUT2D eigenvalue weighted by Gasteiger charge is -2.21. The minimum atomic E-state index is -5.08. The van der Waals surface area contributed by atoms with Gasteiger partial charge in [0.05, 0.1) is 30.0 Å². The Bertz CT molecular complexity index is 1130. The lowest BCUT2D eigenvalue weighted by Crippen LogP contribution is -2.27. The third-order valence-corrected chi connectivity index (χ3v) is 5.61. The number of amides is 1. The zero-order valence-electron chi connectivity index (χ0n) is 20.8. The molecule has 0 atom stereocenters. The van der Waals surface area contributed by atoms with Crippen molar-refractivity contribution in [2.75, 3.05) is 13.1 Å². The van der Waals surface area contributed by atoms with Crippen molar-refractivity contribution in [3.05, 3.63) is 47.3 Å². The number of hydrogen-bond acceptors (Lipinski definition) is 6. The predicted octanol–water partition coefficient (Wildman–Crippen LogP) is 3.38. The second-order valence-electron chi connectivity index (χ2n) is 8.69. The predicted molar refractivity (Wildman–Crippen MR) is 122 cm³/mol. The van der Waals surface area contributed by atoms with Crippen LogP contribution in [0, 0.1) is 6.92 Å². The number of halogens is 6. The van der Waals surface area contributed by atoms with Gasteiger partial charge in [-0.15, -0.1) is 0 Å². The zero-order valence-corrected chi connectivity index (χ0v) is 20.8. The minimum Gasteiger partial charge on any atom is -0.475 e. The van der Waals surface area contributed by atoms with Crippen LogP contribution in [-0.4, -0.2) is 77.8 Å². The molecule has 4 heterocycles. The van der Waals surface area contributed by atoms with Crippen molar-refractivity contribution in [1.29, 1.82) is 0 Å². The fourth-order valence-electron chi connectivity index (χ4n) is 3.82. The number of carbonyl (C=O) groups is 3. The van der Waals surface area contributed by atoms with Crippen LogP contribution in [0.15, 0.2) is 24.5 Å². The van der Waals surface area contributed by atoms with E-state index >= 15 is 0 Å². The van der Waals surface area contributed by atoms with Crippen LogP contribution in [-0.2, 0) is 40.6 Å². The number of likely N-dealkylation sites (tertiary alicyclic amines) is 1. The SMILES string of the molecule is Cc1cccc(CN2CCCn3cnc(CN4CCCC4=O)c3C2)n1.O=C(O)C(F)(F)F.O=C(O)C(F)(F)F. The Morgan fingerprint density at radius 3 is 2.08 bits per heavy atom. The molecule has 2 aliphatic heterocycles. The molecule has 2 aliphatic rings. The third kappa shape index (κ3) is 10.2. The Morgan fingerprint density at radius 2 is 1.56 bits per heavy atom. The van der Waals surface area contributed by atoms with E-state index < -0.39 is 24.3 Å². The second-order valence-corrected chi connectivity index (χ2v) is 8.69. The van der Waals surface area contributed by atoms with Gasteiger partial charge in [0.2, 0.25) is 5.91 Å². The molecule has 39 heavy (non-hydrogen) atoms. The van der Waals surface area contributed by atoms with Gasteiger partial charge in [-0.05, 0) is 31.9 Å². The number of hydrogen-bond donors (Lipinski definition) is 2. The number of fused-ring (bicyclic) bond motifs is 1. The maximum Gasteiger partial charge on any atom is 0.490 e. The Balaban J connectivity index is 0.000000317. The van der Waals surface area contributed by atoms with Gasteiger partial charge in [-0.25, -0.2) is 14.6 Å². The summed E-state index contributed by atoms with van der Waals surface area (Å²) in [6.07, 6.45) is -5.46. The smallest absolute Gasteiger partial charge is 0.475 e. The van der Waals surface area contributed by atoms with Crippen molar-refractivity contribution < 1.29 is 50.9 Å². The van der Waals surface area contributed by atoms with Gasteiger partial charge in [-0.2, -0.15) is 26.3 Å². The minimum absolute atomic E-state index is 0.260. The fourth-order valence-corrected chi connectivity index (χ4v) is 3.82. The summed E-state index contributed by atoms with van der Waals surface area (Å²) in [5.74, 6) is -5.25. The van der Waals surface area contributed by atoms with Crippen LogP contribution >= 0.6 is 0 Å². The number of imidazole rings is 1. The van der Waals surface area contributed by atoms with Crippen molar-refractivity contribution in [2.24, 2.45) is 0 Å². The van der Waals surface area contributed by atoms with Crippen molar-refractivity contribution >= 4 is 17.8 Å². The lowest BCUT2D eigenvalue weighted by molar-refractivity contribution is -0.193. The molecule has 0 saturated carbocycles. The van der Waals surface area contributed by atoms with E-state index in [0.29, 0.717) is 13.0 Å². The van der Waals surface area contributed by atoms with Crippen molar-refractivity contribution in [3.63, 3.8) is 0 Å². The number of carboxylic acid groups (broad SMARTS) is 2. The Kier molecular flexibility index (Phi) is 10.8. The van der Waals surface area contributed by atoms with E-state index in [-0.39, 0.29) is 5.91 Å². The highest BCUT2D eigenvalue weighted by Gasteiger charge is 2.38. The second kappa shape index (κ2) is 13.4. The molecule has 0 radical (unpaired) electrons. The van der Waals surface area contributed by atoms with Gasteiger partial charge < -0.3 is 19.7 Å². The Labute approximate surface area is 218 Å². The number of aryl methyl sites for hydroxylation is 2. The molecule has 0 bridgehead atoms. The molecule has 10 nitrogen and oxygen atoms in total. The van der Waals surface area contributed by atoms with E-state index in [9.17, 15) is 31.1 Å². The highest BCUT2D eigenvalue weighted by molar-refractivity contribution is 5.78. The quantitative estimate of drug-likeness (QED) is 0.539. The molecule has 0 unspecified atom stereocenters. The van der Waals surface area contributed by atoms with Crippen LogP contribution < -0.4 is 0 Å². The summed E-state index contributed by atoms with van der Waals surface area (Å²) in [4.78, 5) is 43.4. The largest absolute Gasteiger partial charge is 0.490 e. The van der Waals surface area contributed by atoms with Crippen LogP contribution in [0.4, 0.5) is 26.3 Å². The van der Waals surface area contributed by atoms with Gasteiger partial charge in [0.1, 0.15) is 0 Å². The molecule has 0 aliphatic carbocycles. The standard InChI is InChI=1S/C19H25N5O.2C2HF3O2/c1-15-5-2-6-16(21-15)11-22-8-4-10-24-14-20-17(18(24)13-22)12-23-9-3-7-19(23)25;2*3-2(4,5)1(6)7/h2,5-6,14H,3-4,7-13H2,1H3;2*(H,6,7). The first-order valence-electron chi connectivity index (χ1n) is 11.6. The molecule has 216 valence electrons. The molecule has 1 amide bonds. The van der Waals surface area contributed by atoms with E-state index in [1.165, 1.54) is 5.69 Å². The highest BCUT2D eigenvalue weighted by atomic mass is 19.4. The van der Waals surface area contributed by atoms with E-state index in [1.807, 2.05) is 24.2 Å². The van der Waals surface area contributed by atoms with E-state index in [1.54, 1.807) is 0 Å². The molecule has 1 saturated heterocycles. The van der Waals surface area contributed by atoms with Gasteiger partial charge in [-0.1, -0.05) is 6.07 Å². The molecular weight excluding hydrogens is 540 g/mol. The third-order valence-electron chi connectivity index (χ3n) is 5.61. The van der Waals surface area contributed by atoms with Crippen molar-refractivity contribution in [2.45, 2.75) is 64.7 Å². The number of carboxylic acids is 2. The van der Waals surface area contributed by atoms with Crippen molar-refractivity contribution in [1.82, 2.24) is 24.3 Å². The maximum absolute atomic E-state index is 11.9. The summed E-state index contributed by atoms with van der Waals surface area (Å²) >= 11 is 0. The summed E-state index contributed by atoms with van der Waals surface area (Å²) in [6, 6.07) is 6.20. The lowest BCUT2D eigenvalue weighted by atomic mass is 10.2. The molecule has 2 aromatic rings. The van der Waals surface area contributed by atoms with E-state index in [4.69, 9.17) is 19.8 Å². The molecule has 2 N–H and O–H groups in total. The summed E-state index contributed by atoms with van der Waals surface area (Å²) in [6.45, 7) is 7.32. The van der Waals surface area contributed by atoms with E-state index in [2.05, 4.69) is 31.6 Å². The average molecular weight is 567 g/mol. The average Bonchev–Trinajstić information content (AvgIpc) is 3.33. The number of nitrogens with zero attached hydrogens (tertiary/aromatic N) is 5. The van der Waals surface area contributed by atoms with Crippen LogP contribution in [0.5, 0.6) is 0 Å². The summed E-state index contributed by atoms with van der Waals surface area (Å²) in [5.41, 5.74) is 4.49. The summed E-state index contributed by atoms with van der Waals surface area (Å²) in [5, 5.41) is 14.2. The molecule has 1 fully saturated rings. The van der Waals surface area contributed by atoms with Gasteiger partial charge in [0.25, 0.3) is 0 Å². The number of aromatic nitrogens is 3. The zero-order chi connectivity index (χ0) is 29.4. The van der Waals surface area contributed by atoms with Crippen LogP contribution in [0.2, 0.25) is 0 Å². The number of aliphatic carboxylic acids is 2. The monoisotopic (exact) mass is 567 g/mol. The van der Waals surface area contributed by atoms with Crippen LogP contribution in [0.25, 0.3) is 0 Å². The summed E-state index contributed by atoms with van der Waals surface area (Å²) < 4.78 is 65.7. The molecule has 2 aromatic heterocycles. The Hall–Kier alpha value is -3.69. The van der Waals surface area contributed by atoms with Crippen LogP contribution in [0.3, 0.4) is 0 Å². The first-order valence-corrected chi connectivity index (χ1v) is 11.6. The normalized spacial score (nSPS) is 15.9. The highest BCUT2D eigenvalue weighted by Crippen LogP contribution is 2.21. The fraction of sp³-hybridized carbons (Fsp3) is 0.522. The van der Waals surface area contributed by atoms with Gasteiger partial charge in [0.15, 0.2) is 0 Å². The molecule has 0 spiro atoms. The summed E-state index contributed by atoms with van der Waals surface area (Å²) in [7, 11) is 0. The number of carbonyl (C=O) groups excluding carboxylic acids is 1. The number of alkyl halides is 6. The topological polar surface area (TPSA) is 129 Å². The number of pyridine rings is 1. The Morgan fingerprint density at radius 1 is 0.949 bits per heavy atom. The maximum atomic E-state index is 11.9. The van der Waals surface area contributed by atoms with Crippen molar-refractivity contribution in [3.8, 4) is 0 Å². The van der Waals surface area contributed by atoms with Gasteiger partial charge >= 0.3 is 24.3 Å². The first-order chi connectivity index (χ1) is 18.1. The number of rotatable bonds is 4. The van der Waals surface area contributed by atoms with Crippen LogP contribution in [0.1, 0.15) is 42.0 Å². The van der Waals surface area contributed by atoms with E-state index in [0.717, 1.165) is 62.6 Å². The molecule has 0 aromatic carbocycles. The molecule has 4 rings (SSSR count). The van der Waals surface area contributed by atoms with Gasteiger partial charge in [0, 0.05) is 44.8 Å². The molecule has 16 heteroatoms. The first kappa shape index (κ1) is 31.5. The van der Waals surface area contributed by atoms with Gasteiger partial charge in [-0.3, -0.25) is 14.7 Å². The molecular formula is C23H27F6N5O5.